The second kappa shape index (κ2) is 28.4. The molecule has 0 unspecified atom stereocenters. The molecule has 4 rings (SSSR count). The molecular formula is C45H71N13O8. The number of benzene rings is 1. The Morgan fingerprint density at radius 2 is 1.47 bits per heavy atom. The smallest absolute Gasteiger partial charge is 0.260 e. The predicted octanol–water partition coefficient (Wildman–Crippen LogP) is 3.52. The number of hydrogen-bond acceptors (Lipinski definition) is 14. The maximum absolute atomic E-state index is 13.5. The molecule has 4 amide bonds. The number of fused-ring (bicyclic) bond motifs is 1. The lowest BCUT2D eigenvalue weighted by Gasteiger charge is -2.36. The van der Waals surface area contributed by atoms with Crippen LogP contribution in [0, 0.1) is 5.92 Å². The Balaban J connectivity index is 1.14. The van der Waals surface area contributed by atoms with Crippen LogP contribution >= 0.6 is 0 Å². The highest BCUT2D eigenvalue weighted by atomic mass is 16.5. The number of imidazole rings is 1. The molecule has 1 saturated heterocycles. The van der Waals surface area contributed by atoms with Crippen molar-refractivity contribution in [1.29, 1.82) is 0 Å². The fourth-order valence-electron chi connectivity index (χ4n) is 7.28. The van der Waals surface area contributed by atoms with Crippen LogP contribution in [0.15, 0.2) is 29.4 Å². The number of aromatic nitrogens is 4. The minimum atomic E-state index is -0.838. The van der Waals surface area contributed by atoms with Crippen molar-refractivity contribution in [2.75, 3.05) is 84.6 Å². The number of nitrogens with two attached hydrogens (primary N) is 1. The highest BCUT2D eigenvalue weighted by Gasteiger charge is 2.30. The minimum absolute atomic E-state index is 0.0694. The molecule has 0 saturated carbocycles. The van der Waals surface area contributed by atoms with Gasteiger partial charge in [-0.1, -0.05) is 56.6 Å². The molecule has 1 aliphatic heterocycles. The molecular weight excluding hydrogens is 851 g/mol. The summed E-state index contributed by atoms with van der Waals surface area (Å²) in [4.78, 5) is 63.5. The molecule has 364 valence electrons. The zero-order valence-corrected chi connectivity index (χ0v) is 39.6. The van der Waals surface area contributed by atoms with Crippen LogP contribution in [0.3, 0.4) is 0 Å². The van der Waals surface area contributed by atoms with E-state index in [4.69, 9.17) is 35.2 Å². The average molecular weight is 922 g/mol. The number of amides is 4. The highest BCUT2D eigenvalue weighted by Crippen LogP contribution is 2.30. The van der Waals surface area contributed by atoms with Crippen LogP contribution < -0.4 is 26.4 Å². The Kier molecular flexibility index (Phi) is 22.8. The molecule has 2 aromatic heterocycles. The first-order valence-corrected chi connectivity index (χ1v) is 23.2. The lowest BCUT2D eigenvalue weighted by molar-refractivity contribution is -0.138. The first-order chi connectivity index (χ1) is 31.8. The maximum atomic E-state index is 13.5. The van der Waals surface area contributed by atoms with E-state index in [1.165, 1.54) is 0 Å². The molecule has 0 spiro atoms. The Morgan fingerprint density at radius 3 is 2.11 bits per heavy atom. The standard InChI is InChI=1S/C45H71N13O8/c1-7-8-10-36-51-40-41(44(66-32(4)5)54-53-42(40)46)58(36)30-35-15-13-34(14-16-35)29-56-19-21-57(22-20-56)45(62)33(6)50-43(61)39(31(2)3)52-38(60)12-9-11-37(59)48-17-23-63-25-27-65-28-26-64-24-18-49-55-47/h13-16,31-33,39H,7-12,17-30H2,1-6H3,(H2,46,53)(H,48,59)(H,50,61)(H,52,60)/t33-,39-/m0/s1. The number of carbonyl (C=O) groups is 4. The van der Waals surface area contributed by atoms with E-state index in [9.17, 15) is 19.2 Å². The van der Waals surface area contributed by atoms with E-state index in [0.29, 0.717) is 96.7 Å². The van der Waals surface area contributed by atoms with Gasteiger partial charge in [-0.2, -0.15) is 0 Å². The Hall–Kier alpha value is -5.60. The molecule has 3 aromatic rings. The third-order valence-electron chi connectivity index (χ3n) is 10.8. The second-order valence-corrected chi connectivity index (χ2v) is 16.9. The summed E-state index contributed by atoms with van der Waals surface area (Å²) < 4.78 is 24.2. The summed E-state index contributed by atoms with van der Waals surface area (Å²) in [5.41, 5.74) is 18.1. The number of nitrogens with zero attached hydrogens (tertiary/aromatic N) is 9. The molecule has 0 aliphatic carbocycles. The van der Waals surface area contributed by atoms with Crippen molar-refractivity contribution < 1.29 is 38.1 Å². The van der Waals surface area contributed by atoms with Crippen molar-refractivity contribution in [3.05, 3.63) is 51.7 Å². The van der Waals surface area contributed by atoms with Gasteiger partial charge < -0.3 is 50.1 Å². The lowest BCUT2D eigenvalue weighted by Crippen LogP contribution is -2.57. The van der Waals surface area contributed by atoms with Crippen LogP contribution in [0.1, 0.15) is 90.6 Å². The van der Waals surface area contributed by atoms with Gasteiger partial charge in [-0.25, -0.2) is 4.98 Å². The number of nitrogen functional groups attached to an aromatic ring is 1. The normalized spacial score (nSPS) is 14.0. The first kappa shape index (κ1) is 53.0. The van der Waals surface area contributed by atoms with Gasteiger partial charge in [0.1, 0.15) is 28.9 Å². The molecule has 5 N–H and O–H groups in total. The van der Waals surface area contributed by atoms with Crippen LogP contribution in [-0.4, -0.2) is 150 Å². The van der Waals surface area contributed by atoms with Gasteiger partial charge in [0, 0.05) is 76.5 Å². The number of anilines is 1. The largest absolute Gasteiger partial charge is 0.472 e. The molecule has 1 aromatic carbocycles. The number of ether oxygens (including phenoxy) is 4. The monoisotopic (exact) mass is 922 g/mol. The SMILES string of the molecule is CCCCc1nc2c(N)nnc(OC(C)C)c2n1Cc1ccc(CN2CCN(C(=O)[C@H](C)NC(=O)[C@@H](NC(=O)CCCC(=O)NCCOCCOCCOCCN=[N+]=[N-])C(C)C)CC2)cc1. The van der Waals surface area contributed by atoms with Crippen molar-refractivity contribution in [2.45, 2.75) is 111 Å². The summed E-state index contributed by atoms with van der Waals surface area (Å²) in [6.45, 7) is 17.9. The number of piperazine rings is 1. The number of rotatable bonds is 30. The van der Waals surface area contributed by atoms with E-state index >= 15 is 0 Å². The summed E-state index contributed by atoms with van der Waals surface area (Å²) >= 11 is 0. The molecule has 1 aliphatic rings. The molecule has 21 heteroatoms. The second-order valence-electron chi connectivity index (χ2n) is 16.9. The Bertz CT molecular complexity index is 2030. The zero-order valence-electron chi connectivity index (χ0n) is 39.6. The molecule has 21 nitrogen and oxygen atoms in total. The maximum Gasteiger partial charge on any atom is 0.260 e. The molecule has 1 fully saturated rings. The van der Waals surface area contributed by atoms with Crippen LogP contribution in [0.2, 0.25) is 0 Å². The van der Waals surface area contributed by atoms with Gasteiger partial charge in [0.2, 0.25) is 23.6 Å². The zero-order chi connectivity index (χ0) is 47.8. The van der Waals surface area contributed by atoms with Crippen molar-refractivity contribution >= 4 is 40.5 Å². The third kappa shape index (κ3) is 17.7. The quantitative estimate of drug-likeness (QED) is 0.0323. The van der Waals surface area contributed by atoms with Gasteiger partial charge in [-0.3, -0.25) is 24.1 Å². The highest BCUT2D eigenvalue weighted by molar-refractivity contribution is 5.92. The van der Waals surface area contributed by atoms with E-state index in [1.807, 2.05) is 27.7 Å². The van der Waals surface area contributed by atoms with Crippen molar-refractivity contribution in [3.63, 3.8) is 0 Å². The lowest BCUT2D eigenvalue weighted by atomic mass is 10.0. The summed E-state index contributed by atoms with van der Waals surface area (Å²) in [6, 6.07) is 6.91. The fraction of sp³-hybridized carbons (Fsp3) is 0.667. The number of unbranched alkanes of at least 4 members (excludes halogenated alkanes) is 1. The number of hydrogen-bond donors (Lipinski definition) is 4. The van der Waals surface area contributed by atoms with Gasteiger partial charge in [0.25, 0.3) is 5.88 Å². The minimum Gasteiger partial charge on any atom is -0.472 e. The number of carbonyl (C=O) groups excluding carboxylic acids is 4. The van der Waals surface area contributed by atoms with E-state index in [-0.39, 0.29) is 54.9 Å². The van der Waals surface area contributed by atoms with E-state index in [0.717, 1.165) is 48.3 Å². The summed E-state index contributed by atoms with van der Waals surface area (Å²) in [7, 11) is 0. The summed E-state index contributed by atoms with van der Waals surface area (Å²) in [5.74, 6) is 0.240. The Labute approximate surface area is 387 Å². The van der Waals surface area contributed by atoms with Crippen LogP contribution in [0.5, 0.6) is 5.88 Å². The molecule has 2 atom stereocenters. The van der Waals surface area contributed by atoms with Crippen molar-refractivity contribution in [1.82, 2.24) is 45.5 Å². The number of aryl methyl sites for hydroxylation is 1. The molecule has 0 bridgehead atoms. The van der Waals surface area contributed by atoms with Crippen LogP contribution in [0.4, 0.5) is 5.82 Å². The molecule has 3 heterocycles. The molecule has 66 heavy (non-hydrogen) atoms. The van der Waals surface area contributed by atoms with E-state index < -0.39 is 18.0 Å². The van der Waals surface area contributed by atoms with Gasteiger partial charge in [-0.15, -0.1) is 10.2 Å². The van der Waals surface area contributed by atoms with Gasteiger partial charge in [0.05, 0.1) is 45.7 Å². The Morgan fingerprint density at radius 1 is 0.833 bits per heavy atom. The fourth-order valence-corrected chi connectivity index (χ4v) is 7.28. The third-order valence-corrected chi connectivity index (χ3v) is 10.8. The first-order valence-electron chi connectivity index (χ1n) is 23.2. The predicted molar refractivity (Wildman–Crippen MR) is 249 cm³/mol. The van der Waals surface area contributed by atoms with Gasteiger partial charge >= 0.3 is 0 Å². The number of nitrogens with one attached hydrogen (secondary N) is 3. The van der Waals surface area contributed by atoms with Crippen LogP contribution in [0.25, 0.3) is 21.5 Å². The summed E-state index contributed by atoms with van der Waals surface area (Å²) in [5, 5.41) is 20.1. The van der Waals surface area contributed by atoms with E-state index in [2.05, 4.69) is 76.8 Å². The van der Waals surface area contributed by atoms with E-state index in [1.54, 1.807) is 11.8 Å². The van der Waals surface area contributed by atoms with Crippen molar-refractivity contribution in [2.24, 2.45) is 11.0 Å². The average Bonchev–Trinajstić information content (AvgIpc) is 3.66. The van der Waals surface area contributed by atoms with Gasteiger partial charge in [-0.05, 0) is 56.2 Å². The van der Waals surface area contributed by atoms with Gasteiger partial charge in [0.15, 0.2) is 5.82 Å². The topological polar surface area (TPSA) is 266 Å². The van der Waals surface area contributed by atoms with Crippen LogP contribution in [-0.2, 0) is 52.9 Å². The van der Waals surface area contributed by atoms with Crippen molar-refractivity contribution in [3.8, 4) is 5.88 Å². The molecule has 0 radical (unpaired) electrons. The number of azide groups is 1. The summed E-state index contributed by atoms with van der Waals surface area (Å²) in [6.07, 6.45) is 3.25.